The molecule has 7 heteroatoms. The van der Waals surface area contributed by atoms with Crippen molar-refractivity contribution in [1.82, 2.24) is 10.2 Å². The van der Waals surface area contributed by atoms with Crippen LogP contribution in [0.4, 0.5) is 10.1 Å². The van der Waals surface area contributed by atoms with E-state index in [-0.39, 0.29) is 42.6 Å². The summed E-state index contributed by atoms with van der Waals surface area (Å²) in [5, 5.41) is 2.93. The zero-order chi connectivity index (χ0) is 16.8. The number of amides is 1. The fraction of sp³-hybridized carbons (Fsp3) is 0.278. The molecule has 0 fully saturated rings. The predicted molar refractivity (Wildman–Crippen MR) is 105 cm³/mol. The lowest BCUT2D eigenvalue weighted by Gasteiger charge is -2.25. The summed E-state index contributed by atoms with van der Waals surface area (Å²) in [4.78, 5) is 14.1. The average molecular weight is 388 g/mol. The molecule has 0 aliphatic heterocycles. The van der Waals surface area contributed by atoms with Crippen molar-refractivity contribution in [1.29, 1.82) is 0 Å². The van der Waals surface area contributed by atoms with E-state index in [1.54, 1.807) is 24.3 Å². The van der Waals surface area contributed by atoms with Crippen molar-refractivity contribution in [3.05, 3.63) is 65.5 Å². The first-order valence-corrected chi connectivity index (χ1v) is 7.48. The van der Waals surface area contributed by atoms with Crippen molar-refractivity contribution in [2.45, 2.75) is 12.5 Å². The SMILES string of the molecule is CN(C)C(CNC(=O)Cc1ccc(N)cc1)c1ccc(F)cc1.Cl.Cl. The standard InChI is InChI=1S/C18H22FN3O.2ClH/c1-22(2)17(14-5-7-15(19)8-6-14)12-21-18(23)11-13-3-9-16(20)10-4-13;;/h3-10,17H,11-12,20H2,1-2H3,(H,21,23);2*1H. The minimum atomic E-state index is -0.265. The third kappa shape index (κ3) is 7.30. The Balaban J connectivity index is 0.00000288. The summed E-state index contributed by atoms with van der Waals surface area (Å²) in [6.07, 6.45) is 0.309. The van der Waals surface area contributed by atoms with Gasteiger partial charge in [-0.3, -0.25) is 4.79 Å². The smallest absolute Gasteiger partial charge is 0.224 e. The zero-order valence-corrected chi connectivity index (χ0v) is 15.9. The van der Waals surface area contributed by atoms with Gasteiger partial charge in [-0.15, -0.1) is 24.8 Å². The lowest BCUT2D eigenvalue weighted by atomic mass is 10.1. The van der Waals surface area contributed by atoms with E-state index in [4.69, 9.17) is 5.73 Å². The number of halogens is 3. The summed E-state index contributed by atoms with van der Waals surface area (Å²) in [7, 11) is 3.86. The van der Waals surface area contributed by atoms with Crippen LogP contribution in [0.2, 0.25) is 0 Å². The van der Waals surface area contributed by atoms with Crippen LogP contribution >= 0.6 is 24.8 Å². The largest absolute Gasteiger partial charge is 0.399 e. The van der Waals surface area contributed by atoms with E-state index in [1.807, 2.05) is 31.1 Å². The highest BCUT2D eigenvalue weighted by Gasteiger charge is 2.15. The maximum atomic E-state index is 13.0. The van der Waals surface area contributed by atoms with Gasteiger partial charge < -0.3 is 16.0 Å². The molecular weight excluding hydrogens is 364 g/mol. The van der Waals surface area contributed by atoms with Gasteiger partial charge in [-0.1, -0.05) is 24.3 Å². The number of nitrogens with zero attached hydrogens (tertiary/aromatic N) is 1. The number of hydrogen-bond donors (Lipinski definition) is 2. The first-order chi connectivity index (χ1) is 11.0. The van der Waals surface area contributed by atoms with Gasteiger partial charge in [-0.2, -0.15) is 0 Å². The van der Waals surface area contributed by atoms with Crippen molar-refractivity contribution in [2.75, 3.05) is 26.4 Å². The number of anilines is 1. The molecule has 138 valence electrons. The van der Waals surface area contributed by atoms with Crippen molar-refractivity contribution in [3.63, 3.8) is 0 Å². The summed E-state index contributed by atoms with van der Waals surface area (Å²) in [6, 6.07) is 13.6. The Morgan fingerprint density at radius 2 is 1.64 bits per heavy atom. The molecule has 0 saturated heterocycles. The van der Waals surface area contributed by atoms with Crippen molar-refractivity contribution in [3.8, 4) is 0 Å². The van der Waals surface area contributed by atoms with E-state index in [9.17, 15) is 9.18 Å². The van der Waals surface area contributed by atoms with Crippen LogP contribution < -0.4 is 11.1 Å². The number of nitrogens with one attached hydrogen (secondary N) is 1. The maximum absolute atomic E-state index is 13.0. The number of rotatable bonds is 6. The van der Waals surface area contributed by atoms with Gasteiger partial charge in [0.15, 0.2) is 0 Å². The number of hydrogen-bond acceptors (Lipinski definition) is 3. The van der Waals surface area contributed by atoms with Crippen LogP contribution in [0.25, 0.3) is 0 Å². The van der Waals surface area contributed by atoms with Gasteiger partial charge >= 0.3 is 0 Å². The molecule has 2 rings (SSSR count). The molecular formula is C18H24Cl2FN3O. The second-order valence-electron chi connectivity index (χ2n) is 5.75. The van der Waals surface area contributed by atoms with E-state index in [0.717, 1.165) is 11.1 Å². The van der Waals surface area contributed by atoms with Crippen molar-refractivity contribution >= 4 is 36.4 Å². The number of nitrogens with two attached hydrogens (primary N) is 1. The van der Waals surface area contributed by atoms with Crippen LogP contribution in [0, 0.1) is 5.82 Å². The minimum Gasteiger partial charge on any atom is -0.399 e. The highest BCUT2D eigenvalue weighted by Crippen LogP contribution is 2.17. The second kappa shape index (κ2) is 10.9. The Labute approximate surface area is 160 Å². The lowest BCUT2D eigenvalue weighted by molar-refractivity contribution is -0.120. The van der Waals surface area contributed by atoms with Crippen LogP contribution in [0.3, 0.4) is 0 Å². The Hall–Kier alpha value is -1.82. The van der Waals surface area contributed by atoms with E-state index in [1.165, 1.54) is 12.1 Å². The van der Waals surface area contributed by atoms with Crippen molar-refractivity contribution < 1.29 is 9.18 Å². The summed E-state index contributed by atoms with van der Waals surface area (Å²) in [5.74, 6) is -0.317. The van der Waals surface area contributed by atoms with E-state index >= 15 is 0 Å². The second-order valence-corrected chi connectivity index (χ2v) is 5.75. The first kappa shape index (κ1) is 23.2. The molecule has 0 aliphatic carbocycles. The third-order valence-corrected chi connectivity index (χ3v) is 3.72. The van der Waals surface area contributed by atoms with Gasteiger partial charge in [0.1, 0.15) is 5.82 Å². The molecule has 3 N–H and O–H groups in total. The zero-order valence-electron chi connectivity index (χ0n) is 14.2. The molecule has 2 aromatic carbocycles. The number of benzene rings is 2. The first-order valence-electron chi connectivity index (χ1n) is 7.48. The highest BCUT2D eigenvalue weighted by atomic mass is 35.5. The van der Waals surface area contributed by atoms with Crippen LogP contribution in [-0.4, -0.2) is 31.4 Å². The number of carbonyl (C=O) groups is 1. The van der Waals surface area contributed by atoms with E-state index in [0.29, 0.717) is 18.7 Å². The van der Waals surface area contributed by atoms with Gasteiger partial charge in [0.05, 0.1) is 12.5 Å². The summed E-state index contributed by atoms with van der Waals surface area (Å²) < 4.78 is 13.0. The minimum absolute atomic E-state index is 0. The van der Waals surface area contributed by atoms with Gasteiger partial charge in [0.25, 0.3) is 0 Å². The monoisotopic (exact) mass is 387 g/mol. The molecule has 25 heavy (non-hydrogen) atoms. The molecule has 0 heterocycles. The summed E-state index contributed by atoms with van der Waals surface area (Å²) >= 11 is 0. The molecule has 0 bridgehead atoms. The van der Waals surface area contributed by atoms with Gasteiger partial charge in [-0.05, 0) is 49.5 Å². The van der Waals surface area contributed by atoms with Gasteiger partial charge in [-0.25, -0.2) is 4.39 Å². The number of nitrogen functional groups attached to an aromatic ring is 1. The highest BCUT2D eigenvalue weighted by molar-refractivity contribution is 5.85. The van der Waals surface area contributed by atoms with Gasteiger partial charge in [0, 0.05) is 12.2 Å². The van der Waals surface area contributed by atoms with Crippen molar-refractivity contribution in [2.24, 2.45) is 0 Å². The Bertz CT molecular complexity index is 648. The van der Waals surface area contributed by atoms with Crippen LogP contribution in [0.15, 0.2) is 48.5 Å². The Kier molecular flexibility index (Phi) is 10.1. The average Bonchev–Trinajstić information content (AvgIpc) is 2.51. The maximum Gasteiger partial charge on any atom is 0.224 e. The van der Waals surface area contributed by atoms with Crippen LogP contribution in [-0.2, 0) is 11.2 Å². The predicted octanol–water partition coefficient (Wildman–Crippen LogP) is 3.21. The Morgan fingerprint density at radius 3 is 2.16 bits per heavy atom. The van der Waals surface area contributed by atoms with Gasteiger partial charge in [0.2, 0.25) is 5.91 Å². The molecule has 1 unspecified atom stereocenters. The van der Waals surface area contributed by atoms with E-state index < -0.39 is 0 Å². The van der Waals surface area contributed by atoms with E-state index in [2.05, 4.69) is 5.32 Å². The quantitative estimate of drug-likeness (QED) is 0.748. The summed E-state index contributed by atoms with van der Waals surface area (Å²) in [5.41, 5.74) is 8.19. The normalized spacial score (nSPS) is 11.2. The molecule has 0 saturated carbocycles. The molecule has 0 aromatic heterocycles. The molecule has 0 spiro atoms. The number of likely N-dealkylation sites (N-methyl/N-ethyl adjacent to an activating group) is 1. The lowest BCUT2D eigenvalue weighted by Crippen LogP contribution is -2.35. The third-order valence-electron chi connectivity index (χ3n) is 3.72. The molecule has 2 aromatic rings. The fourth-order valence-electron chi connectivity index (χ4n) is 2.38. The molecule has 4 nitrogen and oxygen atoms in total. The number of carbonyl (C=O) groups excluding carboxylic acids is 1. The fourth-order valence-corrected chi connectivity index (χ4v) is 2.38. The molecule has 0 aliphatic rings. The molecule has 1 atom stereocenters. The molecule has 0 radical (unpaired) electrons. The van der Waals surface area contributed by atoms with Crippen LogP contribution in [0.1, 0.15) is 17.2 Å². The topological polar surface area (TPSA) is 58.4 Å². The molecule has 1 amide bonds. The summed E-state index contributed by atoms with van der Waals surface area (Å²) in [6.45, 7) is 0.465. The Morgan fingerprint density at radius 1 is 1.08 bits per heavy atom. The van der Waals surface area contributed by atoms with Crippen LogP contribution in [0.5, 0.6) is 0 Å².